The molecule has 1 aliphatic rings. The van der Waals surface area contributed by atoms with Crippen LogP contribution in [-0.2, 0) is 20.1 Å². The van der Waals surface area contributed by atoms with Crippen LogP contribution in [0.15, 0.2) is 76.2 Å². The molecule has 3 amide bonds. The first-order valence-corrected chi connectivity index (χ1v) is 10.8. The van der Waals surface area contributed by atoms with Crippen LogP contribution in [0.5, 0.6) is 5.75 Å². The predicted molar refractivity (Wildman–Crippen MR) is 123 cm³/mol. The summed E-state index contributed by atoms with van der Waals surface area (Å²) >= 11 is 1.26. The molecule has 32 heavy (non-hydrogen) atoms. The minimum Gasteiger partial charge on any atom is -0.497 e. The van der Waals surface area contributed by atoms with E-state index >= 15 is 0 Å². The van der Waals surface area contributed by atoms with E-state index in [1.165, 1.54) is 18.7 Å². The Hall–Kier alpha value is -3.78. The van der Waals surface area contributed by atoms with Crippen molar-refractivity contribution in [3.05, 3.63) is 83.2 Å². The second kappa shape index (κ2) is 9.15. The predicted octanol–water partition coefficient (Wildman–Crippen LogP) is 4.46. The Morgan fingerprint density at radius 3 is 2.34 bits per heavy atom. The molecule has 0 saturated heterocycles. The number of anilines is 2. The zero-order valence-corrected chi connectivity index (χ0v) is 18.3. The Kier molecular flexibility index (Phi) is 6.13. The lowest BCUT2D eigenvalue weighted by atomic mass is 10.1. The Bertz CT molecular complexity index is 1180. The van der Waals surface area contributed by atoms with E-state index in [0.29, 0.717) is 44.7 Å². The Balaban J connectivity index is 1.69. The van der Waals surface area contributed by atoms with Crippen LogP contribution in [0, 0.1) is 0 Å². The van der Waals surface area contributed by atoms with E-state index in [1.54, 1.807) is 68.0 Å². The van der Waals surface area contributed by atoms with Crippen LogP contribution in [0.25, 0.3) is 5.57 Å². The molecule has 1 N–H and O–H groups in total. The highest BCUT2D eigenvalue weighted by atomic mass is 32.2. The lowest BCUT2D eigenvalue weighted by molar-refractivity contribution is -0.120. The second-order valence-electron chi connectivity index (χ2n) is 6.97. The molecule has 8 heteroatoms. The number of ether oxygens (including phenoxy) is 1. The van der Waals surface area contributed by atoms with Crippen molar-refractivity contribution < 1.29 is 23.5 Å². The molecule has 3 aromatic rings. The summed E-state index contributed by atoms with van der Waals surface area (Å²) in [6, 6.07) is 17.2. The molecule has 0 atom stereocenters. The van der Waals surface area contributed by atoms with Gasteiger partial charge in [-0.3, -0.25) is 14.4 Å². The third-order valence-electron chi connectivity index (χ3n) is 4.80. The van der Waals surface area contributed by atoms with Crippen LogP contribution in [-0.4, -0.2) is 24.8 Å². The summed E-state index contributed by atoms with van der Waals surface area (Å²) in [5.74, 6) is 0.762. The summed E-state index contributed by atoms with van der Waals surface area (Å²) in [6.07, 6.45) is 1.57. The topological polar surface area (TPSA) is 88.8 Å². The lowest BCUT2D eigenvalue weighted by Crippen LogP contribution is -2.31. The smallest absolute Gasteiger partial charge is 0.272 e. The second-order valence-corrected chi connectivity index (χ2v) is 7.96. The van der Waals surface area contributed by atoms with Crippen molar-refractivity contribution in [2.24, 2.45) is 0 Å². The van der Waals surface area contributed by atoms with Crippen molar-refractivity contribution in [3.63, 3.8) is 0 Å². The van der Waals surface area contributed by atoms with E-state index < -0.39 is 11.8 Å². The van der Waals surface area contributed by atoms with Gasteiger partial charge >= 0.3 is 0 Å². The van der Waals surface area contributed by atoms with Gasteiger partial charge in [-0.2, -0.15) is 0 Å². The number of methoxy groups -OCH3 is 1. The van der Waals surface area contributed by atoms with Gasteiger partial charge in [-0.1, -0.05) is 12.1 Å². The third-order valence-corrected chi connectivity index (χ3v) is 5.90. The summed E-state index contributed by atoms with van der Waals surface area (Å²) < 4.78 is 10.6. The number of nitrogens with one attached hydrogen (secondary N) is 1. The first kappa shape index (κ1) is 21.5. The maximum atomic E-state index is 13.4. The molecule has 2 aromatic carbocycles. The molecule has 7 nitrogen and oxygen atoms in total. The fourth-order valence-electron chi connectivity index (χ4n) is 3.33. The van der Waals surface area contributed by atoms with Crippen LogP contribution >= 0.6 is 11.8 Å². The largest absolute Gasteiger partial charge is 0.497 e. The van der Waals surface area contributed by atoms with E-state index in [4.69, 9.17) is 9.15 Å². The number of rotatable bonds is 7. The van der Waals surface area contributed by atoms with Crippen molar-refractivity contribution in [2.45, 2.75) is 12.7 Å². The first-order valence-electron chi connectivity index (χ1n) is 9.78. The van der Waals surface area contributed by atoms with Gasteiger partial charge in [0.25, 0.3) is 11.8 Å². The van der Waals surface area contributed by atoms with Crippen LogP contribution in [0.4, 0.5) is 11.4 Å². The van der Waals surface area contributed by atoms with Gasteiger partial charge in [0.2, 0.25) is 5.91 Å². The van der Waals surface area contributed by atoms with Crippen molar-refractivity contribution in [1.82, 2.24) is 0 Å². The molecule has 0 saturated carbocycles. The number of amides is 3. The van der Waals surface area contributed by atoms with Gasteiger partial charge < -0.3 is 14.5 Å². The molecule has 0 fully saturated rings. The van der Waals surface area contributed by atoms with Gasteiger partial charge in [0, 0.05) is 12.6 Å². The lowest BCUT2D eigenvalue weighted by Gasteiger charge is -2.16. The molecular weight excluding hydrogens is 428 g/mol. The Morgan fingerprint density at radius 1 is 1.03 bits per heavy atom. The van der Waals surface area contributed by atoms with Gasteiger partial charge in [0.05, 0.1) is 35.3 Å². The number of carbonyl (C=O) groups excluding carboxylic acids is 3. The van der Waals surface area contributed by atoms with Crippen LogP contribution < -0.4 is 15.0 Å². The van der Waals surface area contributed by atoms with Crippen LogP contribution in [0.2, 0.25) is 0 Å². The minimum absolute atomic E-state index is 0.203. The highest BCUT2D eigenvalue weighted by molar-refractivity contribution is 8.03. The van der Waals surface area contributed by atoms with Crippen LogP contribution in [0.3, 0.4) is 0 Å². The van der Waals surface area contributed by atoms with Gasteiger partial charge in [0.1, 0.15) is 11.5 Å². The van der Waals surface area contributed by atoms with E-state index in [9.17, 15) is 14.4 Å². The summed E-state index contributed by atoms with van der Waals surface area (Å²) in [7, 11) is 1.57. The molecule has 162 valence electrons. The fourth-order valence-corrected chi connectivity index (χ4v) is 4.34. The Morgan fingerprint density at radius 2 is 1.75 bits per heavy atom. The minimum atomic E-state index is -0.408. The molecule has 0 unspecified atom stereocenters. The SMILES string of the molecule is COc1ccc(C2=C(SCc3ccco3)C(=O)N(c3ccc(NC(C)=O)cc3)C2=O)cc1. The number of furan rings is 1. The molecule has 2 heterocycles. The van der Waals surface area contributed by atoms with E-state index in [0.717, 1.165) is 4.90 Å². The zero-order valence-electron chi connectivity index (χ0n) is 17.5. The molecule has 1 aromatic heterocycles. The van der Waals surface area contributed by atoms with E-state index in [2.05, 4.69) is 5.32 Å². The van der Waals surface area contributed by atoms with E-state index in [1.807, 2.05) is 6.07 Å². The summed E-state index contributed by atoms with van der Waals surface area (Å²) in [5, 5.41) is 2.67. The Labute approximate surface area is 189 Å². The normalized spacial score (nSPS) is 13.6. The monoisotopic (exact) mass is 448 g/mol. The fraction of sp³-hybridized carbons (Fsp3) is 0.125. The maximum Gasteiger partial charge on any atom is 0.272 e. The summed E-state index contributed by atoms with van der Waals surface area (Å²) in [4.78, 5) is 39.5. The summed E-state index contributed by atoms with van der Waals surface area (Å²) in [6.45, 7) is 1.41. The first-order chi connectivity index (χ1) is 15.5. The number of hydrogen-bond acceptors (Lipinski definition) is 6. The third kappa shape index (κ3) is 4.31. The zero-order chi connectivity index (χ0) is 22.7. The number of carbonyl (C=O) groups is 3. The van der Waals surface area contributed by atoms with E-state index in [-0.39, 0.29) is 5.91 Å². The average Bonchev–Trinajstić information content (AvgIpc) is 3.39. The highest BCUT2D eigenvalue weighted by Crippen LogP contribution is 2.40. The van der Waals surface area contributed by atoms with Crippen LogP contribution in [0.1, 0.15) is 18.2 Å². The molecule has 0 aliphatic carbocycles. The highest BCUT2D eigenvalue weighted by Gasteiger charge is 2.40. The van der Waals surface area contributed by atoms with Gasteiger partial charge in [-0.05, 0) is 54.1 Å². The van der Waals surface area contributed by atoms with Crippen molar-refractivity contribution in [1.29, 1.82) is 0 Å². The number of imide groups is 1. The van der Waals surface area contributed by atoms with Crippen molar-refractivity contribution in [3.8, 4) is 5.75 Å². The standard InChI is InChI=1S/C24H20N2O5S/c1-15(27)25-17-7-9-18(10-8-17)26-23(28)21(16-5-11-19(30-2)12-6-16)22(24(26)29)32-14-20-4-3-13-31-20/h3-13H,14H2,1-2H3,(H,25,27). The molecule has 1 aliphatic heterocycles. The number of benzene rings is 2. The molecule has 4 rings (SSSR count). The molecule has 0 bridgehead atoms. The van der Waals surface area contributed by atoms with Crippen molar-refractivity contribution in [2.75, 3.05) is 17.3 Å². The summed E-state index contributed by atoms with van der Waals surface area (Å²) in [5.41, 5.74) is 1.97. The van der Waals surface area contributed by atoms with Gasteiger partial charge in [-0.15, -0.1) is 11.8 Å². The van der Waals surface area contributed by atoms with Gasteiger partial charge in [0.15, 0.2) is 0 Å². The van der Waals surface area contributed by atoms with Gasteiger partial charge in [-0.25, -0.2) is 4.90 Å². The number of thioether (sulfide) groups is 1. The quantitative estimate of drug-likeness (QED) is 0.537. The molecule has 0 radical (unpaired) electrons. The number of nitrogens with zero attached hydrogens (tertiary/aromatic N) is 1. The average molecular weight is 449 g/mol. The maximum absolute atomic E-state index is 13.4. The number of hydrogen-bond donors (Lipinski definition) is 1. The molecule has 0 spiro atoms. The molecular formula is C24H20N2O5S. The van der Waals surface area contributed by atoms with Crippen molar-refractivity contribution >= 4 is 46.4 Å².